The van der Waals surface area contributed by atoms with Crippen molar-refractivity contribution in [3.8, 4) is 0 Å². The number of aromatic amines is 1. The maximum atomic E-state index is 11.0. The van der Waals surface area contributed by atoms with Crippen molar-refractivity contribution >= 4 is 26.5 Å². The molecule has 0 saturated carbocycles. The molecule has 1 amide bonds. The lowest BCUT2D eigenvalue weighted by atomic mass is 10.1. The van der Waals surface area contributed by atoms with Gasteiger partial charge in [-0.25, -0.2) is 0 Å². The molecule has 12 heavy (non-hydrogen) atoms. The number of nitrogens with one attached hydrogen (secondary N) is 1. The molecule has 1 aliphatic rings. The van der Waals surface area contributed by atoms with Gasteiger partial charge < -0.3 is 4.90 Å². The third-order valence-corrected chi connectivity index (χ3v) is 2.74. The van der Waals surface area contributed by atoms with Gasteiger partial charge in [-0.05, 0) is 12.0 Å². The molecule has 0 aliphatic carbocycles. The van der Waals surface area contributed by atoms with Crippen LogP contribution in [0.5, 0.6) is 0 Å². The zero-order valence-corrected chi connectivity index (χ0v) is 8.54. The molecule has 64 valence electrons. The first-order valence-corrected chi connectivity index (χ1v) is 4.81. The van der Waals surface area contributed by atoms with E-state index in [1.807, 2.05) is 28.8 Å². The van der Waals surface area contributed by atoms with Crippen LogP contribution < -0.4 is 0 Å². The molecule has 2 rings (SSSR count). The third kappa shape index (κ3) is 1.33. The van der Waals surface area contributed by atoms with Gasteiger partial charge in [0.1, 0.15) is 0 Å². The molecule has 0 spiro atoms. The van der Waals surface area contributed by atoms with Crippen molar-refractivity contribution in [2.75, 3.05) is 6.54 Å². The molecule has 0 unspecified atom stereocenters. The molecule has 0 saturated heterocycles. The van der Waals surface area contributed by atoms with Gasteiger partial charge in [0.05, 0.1) is 18.4 Å². The Bertz CT molecular complexity index is 309. The first-order chi connectivity index (χ1) is 5.77. The predicted molar refractivity (Wildman–Crippen MR) is 52.1 cm³/mol. The molecule has 1 aliphatic heterocycles. The van der Waals surface area contributed by atoms with E-state index in [2.05, 4.69) is 10.2 Å². The summed E-state index contributed by atoms with van der Waals surface area (Å²) in [6, 6.07) is 0. The molecule has 0 bridgehead atoms. The lowest BCUT2D eigenvalue weighted by molar-refractivity contribution is 0.220. The van der Waals surface area contributed by atoms with Crippen LogP contribution in [0.25, 0.3) is 0 Å². The number of rotatable bonds is 0. The number of halogens is 1. The van der Waals surface area contributed by atoms with Crippen LogP contribution in [0, 0.1) is 0 Å². The Morgan fingerprint density at radius 2 is 2.58 bits per heavy atom. The molecule has 0 atom stereocenters. The van der Waals surface area contributed by atoms with Crippen molar-refractivity contribution < 1.29 is 4.79 Å². The summed E-state index contributed by atoms with van der Waals surface area (Å²) in [7, 11) is 0. The second-order valence-electron chi connectivity index (χ2n) is 2.80. The second kappa shape index (κ2) is 3.04. The summed E-state index contributed by atoms with van der Waals surface area (Å²) in [4.78, 5) is 12.8. The summed E-state index contributed by atoms with van der Waals surface area (Å²) >= 11 is 1.81. The van der Waals surface area contributed by atoms with Crippen molar-refractivity contribution in [1.82, 2.24) is 15.1 Å². The van der Waals surface area contributed by atoms with Gasteiger partial charge >= 0.3 is 0 Å². The summed E-state index contributed by atoms with van der Waals surface area (Å²) in [5.41, 5.74) is 2.31. The first kappa shape index (κ1) is 8.03. The smallest absolute Gasteiger partial charge is 0.283 e. The quantitative estimate of drug-likeness (QED) is 0.442. The lowest BCUT2D eigenvalue weighted by Crippen LogP contribution is -2.31. The molecular weight excluding hydrogens is 269 g/mol. The molecule has 1 N–H and O–H groups in total. The molecule has 0 aromatic carbocycles. The monoisotopic (exact) mass is 277 g/mol. The fourth-order valence-electron chi connectivity index (χ4n) is 1.37. The van der Waals surface area contributed by atoms with Gasteiger partial charge in [-0.3, -0.25) is 9.89 Å². The summed E-state index contributed by atoms with van der Waals surface area (Å²) < 4.78 is 0.104. The Morgan fingerprint density at radius 1 is 1.75 bits per heavy atom. The van der Waals surface area contributed by atoms with Crippen LogP contribution in [0.15, 0.2) is 6.20 Å². The number of H-pyrrole nitrogens is 1. The molecule has 0 radical (unpaired) electrons. The van der Waals surface area contributed by atoms with Gasteiger partial charge in [0, 0.05) is 29.1 Å². The Kier molecular flexibility index (Phi) is 2.03. The van der Waals surface area contributed by atoms with Crippen LogP contribution in [0.2, 0.25) is 0 Å². The highest BCUT2D eigenvalue weighted by Gasteiger charge is 2.19. The minimum atomic E-state index is 0.104. The maximum Gasteiger partial charge on any atom is 0.283 e. The zero-order chi connectivity index (χ0) is 8.55. The van der Waals surface area contributed by atoms with Gasteiger partial charge in [0.25, 0.3) is 3.91 Å². The predicted octanol–water partition coefficient (Wildman–Crippen LogP) is 1.32. The number of carbonyl (C=O) groups is 1. The van der Waals surface area contributed by atoms with E-state index in [0.29, 0.717) is 6.54 Å². The Balaban J connectivity index is 2.20. The molecular formula is C7H8IN3O. The molecule has 0 fully saturated rings. The first-order valence-electron chi connectivity index (χ1n) is 3.73. The van der Waals surface area contributed by atoms with Crippen LogP contribution in [-0.2, 0) is 13.0 Å². The highest BCUT2D eigenvalue weighted by Crippen LogP contribution is 2.17. The standard InChI is InChI=1S/C7H8IN3O/c8-7(12)11-2-1-5-3-9-10-6(5)4-11/h3H,1-2,4H2,(H,9,10). The molecule has 4 nitrogen and oxygen atoms in total. The van der Waals surface area contributed by atoms with E-state index >= 15 is 0 Å². The van der Waals surface area contributed by atoms with Crippen LogP contribution in [0.3, 0.4) is 0 Å². The third-order valence-electron chi connectivity index (χ3n) is 2.06. The number of amides is 1. The van der Waals surface area contributed by atoms with Gasteiger partial charge in [-0.1, -0.05) is 0 Å². The summed E-state index contributed by atoms with van der Waals surface area (Å²) in [6.07, 6.45) is 2.75. The number of aromatic nitrogens is 2. The second-order valence-corrected chi connectivity index (χ2v) is 3.72. The van der Waals surface area contributed by atoms with Gasteiger partial charge in [-0.2, -0.15) is 5.10 Å². The van der Waals surface area contributed by atoms with Crippen molar-refractivity contribution in [2.24, 2.45) is 0 Å². The van der Waals surface area contributed by atoms with E-state index in [9.17, 15) is 4.79 Å². The van der Waals surface area contributed by atoms with Crippen molar-refractivity contribution in [2.45, 2.75) is 13.0 Å². The SMILES string of the molecule is O=C(I)N1CCc2cn[nH]c2C1. The summed E-state index contributed by atoms with van der Waals surface area (Å²) in [5.74, 6) is 0. The highest BCUT2D eigenvalue weighted by molar-refractivity contribution is 14.1. The number of fused-ring (bicyclic) bond motifs is 1. The van der Waals surface area contributed by atoms with Crippen LogP contribution in [0.4, 0.5) is 4.79 Å². The minimum absolute atomic E-state index is 0.104. The van der Waals surface area contributed by atoms with Crippen molar-refractivity contribution in [3.63, 3.8) is 0 Å². The van der Waals surface area contributed by atoms with E-state index in [1.54, 1.807) is 4.90 Å². The van der Waals surface area contributed by atoms with Crippen molar-refractivity contribution in [1.29, 1.82) is 0 Å². The number of hydrogen-bond acceptors (Lipinski definition) is 2. The molecule has 1 aromatic rings. The number of nitrogens with zero attached hydrogens (tertiary/aromatic N) is 2. The average Bonchev–Trinajstić information content (AvgIpc) is 2.49. The van der Waals surface area contributed by atoms with Crippen LogP contribution >= 0.6 is 22.6 Å². The van der Waals surface area contributed by atoms with Gasteiger partial charge in [0.15, 0.2) is 0 Å². The molecule has 1 aromatic heterocycles. The lowest BCUT2D eigenvalue weighted by Gasteiger charge is -2.23. The van der Waals surface area contributed by atoms with Gasteiger partial charge in [-0.15, -0.1) is 0 Å². The Labute approximate surface area is 83.5 Å². The summed E-state index contributed by atoms with van der Waals surface area (Å²) in [6.45, 7) is 1.49. The molecule has 2 heterocycles. The maximum absolute atomic E-state index is 11.0. The van der Waals surface area contributed by atoms with E-state index in [0.717, 1.165) is 18.7 Å². The Morgan fingerprint density at radius 3 is 3.33 bits per heavy atom. The fourth-order valence-corrected chi connectivity index (χ4v) is 1.78. The van der Waals surface area contributed by atoms with Crippen LogP contribution in [-0.4, -0.2) is 25.6 Å². The normalized spacial score (nSPS) is 15.9. The van der Waals surface area contributed by atoms with E-state index in [-0.39, 0.29) is 3.91 Å². The summed E-state index contributed by atoms with van der Waals surface area (Å²) in [5, 5.41) is 6.83. The van der Waals surface area contributed by atoms with E-state index in [4.69, 9.17) is 0 Å². The highest BCUT2D eigenvalue weighted by atomic mass is 127. The molecule has 5 heteroatoms. The van der Waals surface area contributed by atoms with Crippen LogP contribution in [0.1, 0.15) is 11.3 Å². The number of hydrogen-bond donors (Lipinski definition) is 1. The Hall–Kier alpha value is -0.590. The largest absolute Gasteiger partial charge is 0.328 e. The number of carbonyl (C=O) groups excluding carboxylic acids is 1. The zero-order valence-electron chi connectivity index (χ0n) is 6.38. The van der Waals surface area contributed by atoms with E-state index < -0.39 is 0 Å². The van der Waals surface area contributed by atoms with Crippen molar-refractivity contribution in [3.05, 3.63) is 17.5 Å². The minimum Gasteiger partial charge on any atom is -0.328 e. The fraction of sp³-hybridized carbons (Fsp3) is 0.429. The van der Waals surface area contributed by atoms with Gasteiger partial charge in [0.2, 0.25) is 0 Å². The topological polar surface area (TPSA) is 49.0 Å². The van der Waals surface area contributed by atoms with E-state index in [1.165, 1.54) is 5.56 Å². The average molecular weight is 277 g/mol.